The minimum atomic E-state index is -0.0950. The fourth-order valence-electron chi connectivity index (χ4n) is 1.39. The fourth-order valence-corrected chi connectivity index (χ4v) is 2.96. The lowest BCUT2D eigenvalue weighted by atomic mass is 10.1. The molecule has 0 bridgehead atoms. The molecule has 0 N–H and O–H groups in total. The molecule has 0 saturated heterocycles. The monoisotopic (exact) mass is 256 g/mol. The van der Waals surface area contributed by atoms with Crippen molar-refractivity contribution in [3.8, 4) is 0 Å². The van der Waals surface area contributed by atoms with Crippen LogP contribution in [0.1, 0.15) is 21.4 Å². The van der Waals surface area contributed by atoms with E-state index in [-0.39, 0.29) is 5.38 Å². The Balaban J connectivity index is 2.32. The SMILES string of the molecule is Cc1cc(C(Cl)c2ccccc2)sc1Cl. The van der Waals surface area contributed by atoms with Crippen molar-refractivity contribution in [2.75, 3.05) is 0 Å². The lowest BCUT2D eigenvalue weighted by molar-refractivity contribution is 1.18. The summed E-state index contributed by atoms with van der Waals surface area (Å²) in [7, 11) is 0. The first-order valence-corrected chi connectivity index (χ1v) is 6.26. The highest BCUT2D eigenvalue weighted by Gasteiger charge is 2.14. The molecule has 0 radical (unpaired) electrons. The van der Waals surface area contributed by atoms with E-state index in [4.69, 9.17) is 23.2 Å². The van der Waals surface area contributed by atoms with Crippen molar-refractivity contribution in [1.29, 1.82) is 0 Å². The average Bonchev–Trinajstić information content (AvgIpc) is 2.59. The zero-order chi connectivity index (χ0) is 10.8. The second kappa shape index (κ2) is 4.56. The summed E-state index contributed by atoms with van der Waals surface area (Å²) >= 11 is 13.9. The van der Waals surface area contributed by atoms with Crippen LogP contribution >= 0.6 is 34.5 Å². The van der Waals surface area contributed by atoms with Gasteiger partial charge < -0.3 is 0 Å². The average molecular weight is 257 g/mol. The van der Waals surface area contributed by atoms with Gasteiger partial charge in [0.25, 0.3) is 0 Å². The van der Waals surface area contributed by atoms with Crippen LogP contribution in [-0.4, -0.2) is 0 Å². The van der Waals surface area contributed by atoms with Crippen LogP contribution in [0.3, 0.4) is 0 Å². The number of rotatable bonds is 2. The molecule has 0 aliphatic rings. The highest BCUT2D eigenvalue weighted by atomic mass is 35.5. The van der Waals surface area contributed by atoms with E-state index in [2.05, 4.69) is 6.07 Å². The van der Waals surface area contributed by atoms with Gasteiger partial charge in [-0.2, -0.15) is 0 Å². The Labute approximate surface area is 103 Å². The van der Waals surface area contributed by atoms with Crippen molar-refractivity contribution in [2.45, 2.75) is 12.3 Å². The van der Waals surface area contributed by atoms with Gasteiger partial charge in [-0.25, -0.2) is 0 Å². The third-order valence-electron chi connectivity index (χ3n) is 2.22. The Hall–Kier alpha value is -0.500. The van der Waals surface area contributed by atoms with E-state index >= 15 is 0 Å². The third-order valence-corrected chi connectivity index (χ3v) is 4.45. The molecule has 1 unspecified atom stereocenters. The lowest BCUT2D eigenvalue weighted by Gasteiger charge is -2.06. The molecule has 0 saturated carbocycles. The van der Waals surface area contributed by atoms with Crippen molar-refractivity contribution < 1.29 is 0 Å². The van der Waals surface area contributed by atoms with E-state index in [0.717, 1.165) is 20.3 Å². The Morgan fingerprint density at radius 2 is 1.87 bits per heavy atom. The van der Waals surface area contributed by atoms with Gasteiger partial charge in [0.1, 0.15) is 0 Å². The zero-order valence-electron chi connectivity index (χ0n) is 8.21. The van der Waals surface area contributed by atoms with E-state index in [0.29, 0.717) is 0 Å². The van der Waals surface area contributed by atoms with Crippen molar-refractivity contribution in [3.63, 3.8) is 0 Å². The van der Waals surface area contributed by atoms with E-state index in [1.54, 1.807) is 11.3 Å². The second-order valence-corrected chi connectivity index (χ2v) is 5.50. The summed E-state index contributed by atoms with van der Waals surface area (Å²) in [6.07, 6.45) is 0. The second-order valence-electron chi connectivity index (χ2n) is 3.38. The van der Waals surface area contributed by atoms with Gasteiger partial charge in [-0.1, -0.05) is 41.9 Å². The Morgan fingerprint density at radius 3 is 2.40 bits per heavy atom. The molecule has 15 heavy (non-hydrogen) atoms. The van der Waals surface area contributed by atoms with Crippen molar-refractivity contribution in [3.05, 3.63) is 56.7 Å². The molecule has 2 aromatic rings. The van der Waals surface area contributed by atoms with Crippen LogP contribution in [0.4, 0.5) is 0 Å². The van der Waals surface area contributed by atoms with Crippen LogP contribution in [0.25, 0.3) is 0 Å². The first-order valence-electron chi connectivity index (χ1n) is 4.63. The molecule has 3 heteroatoms. The summed E-state index contributed by atoms with van der Waals surface area (Å²) in [4.78, 5) is 1.10. The summed E-state index contributed by atoms with van der Waals surface area (Å²) in [5.74, 6) is 0. The van der Waals surface area contributed by atoms with Crippen molar-refractivity contribution >= 4 is 34.5 Å². The van der Waals surface area contributed by atoms with Crippen molar-refractivity contribution in [2.24, 2.45) is 0 Å². The maximum Gasteiger partial charge on any atom is 0.0960 e. The topological polar surface area (TPSA) is 0 Å². The summed E-state index contributed by atoms with van der Waals surface area (Å²) in [5.41, 5.74) is 2.20. The summed E-state index contributed by atoms with van der Waals surface area (Å²) < 4.78 is 0.826. The molecule has 2 rings (SSSR count). The minimum Gasteiger partial charge on any atom is -0.126 e. The molecule has 1 aromatic heterocycles. The molecule has 0 spiro atoms. The number of hydrogen-bond acceptors (Lipinski definition) is 1. The third kappa shape index (κ3) is 2.36. The molecule has 1 aromatic carbocycles. The van der Waals surface area contributed by atoms with Gasteiger partial charge in [0, 0.05) is 4.88 Å². The van der Waals surface area contributed by atoms with Gasteiger partial charge in [0.2, 0.25) is 0 Å². The van der Waals surface area contributed by atoms with E-state index in [1.165, 1.54) is 0 Å². The highest BCUT2D eigenvalue weighted by Crippen LogP contribution is 2.37. The Kier molecular flexibility index (Phi) is 3.35. The van der Waals surface area contributed by atoms with Crippen LogP contribution < -0.4 is 0 Å². The molecule has 0 fully saturated rings. The first kappa shape index (κ1) is 11.0. The van der Waals surface area contributed by atoms with Crippen LogP contribution in [0.2, 0.25) is 4.34 Å². The van der Waals surface area contributed by atoms with Gasteiger partial charge >= 0.3 is 0 Å². The van der Waals surface area contributed by atoms with Gasteiger partial charge in [-0.05, 0) is 24.1 Å². The fraction of sp³-hybridized carbons (Fsp3) is 0.167. The molecular weight excluding hydrogens is 247 g/mol. The summed E-state index contributed by atoms with van der Waals surface area (Å²) in [6, 6.07) is 12.1. The number of alkyl halides is 1. The smallest absolute Gasteiger partial charge is 0.0960 e. The number of thiophene rings is 1. The van der Waals surface area contributed by atoms with Gasteiger partial charge in [-0.15, -0.1) is 22.9 Å². The predicted octanol–water partition coefficient (Wildman–Crippen LogP) is 5.04. The molecule has 1 atom stereocenters. The minimum absolute atomic E-state index is 0.0950. The van der Waals surface area contributed by atoms with E-state index in [9.17, 15) is 0 Å². The predicted molar refractivity (Wildman–Crippen MR) is 68.2 cm³/mol. The number of halogens is 2. The van der Waals surface area contributed by atoms with Gasteiger partial charge in [-0.3, -0.25) is 0 Å². The standard InChI is InChI=1S/C12H10Cl2S/c1-8-7-10(15-12(8)14)11(13)9-5-3-2-4-6-9/h2-7,11H,1H3. The molecular formula is C12H10Cl2S. The maximum absolute atomic E-state index is 6.37. The van der Waals surface area contributed by atoms with Crippen molar-refractivity contribution in [1.82, 2.24) is 0 Å². The van der Waals surface area contributed by atoms with Crippen LogP contribution in [0.15, 0.2) is 36.4 Å². The Morgan fingerprint density at radius 1 is 1.20 bits per heavy atom. The largest absolute Gasteiger partial charge is 0.126 e. The van der Waals surface area contributed by atoms with E-state index in [1.807, 2.05) is 37.3 Å². The molecule has 1 heterocycles. The first-order chi connectivity index (χ1) is 7.18. The molecule has 78 valence electrons. The number of aryl methyl sites for hydroxylation is 1. The normalized spacial score (nSPS) is 12.7. The number of hydrogen-bond donors (Lipinski definition) is 0. The molecule has 0 aliphatic heterocycles. The van der Waals surface area contributed by atoms with Gasteiger partial charge in [0.15, 0.2) is 0 Å². The Bertz CT molecular complexity index is 428. The number of benzene rings is 1. The van der Waals surface area contributed by atoms with Crippen LogP contribution in [-0.2, 0) is 0 Å². The lowest BCUT2D eigenvalue weighted by Crippen LogP contribution is -1.88. The highest BCUT2D eigenvalue weighted by molar-refractivity contribution is 7.16. The summed E-state index contributed by atoms with van der Waals surface area (Å²) in [6.45, 7) is 2.00. The molecule has 0 aliphatic carbocycles. The van der Waals surface area contributed by atoms with Crippen LogP contribution in [0.5, 0.6) is 0 Å². The zero-order valence-corrected chi connectivity index (χ0v) is 10.5. The summed E-state index contributed by atoms with van der Waals surface area (Å²) in [5, 5.41) is -0.0950. The molecule has 0 amide bonds. The van der Waals surface area contributed by atoms with E-state index < -0.39 is 0 Å². The van der Waals surface area contributed by atoms with Gasteiger partial charge in [0.05, 0.1) is 9.71 Å². The molecule has 0 nitrogen and oxygen atoms in total. The quantitative estimate of drug-likeness (QED) is 0.661. The van der Waals surface area contributed by atoms with Crippen LogP contribution in [0, 0.1) is 6.92 Å². The maximum atomic E-state index is 6.37.